The Labute approximate surface area is 76.4 Å². The summed E-state index contributed by atoms with van der Waals surface area (Å²) in [4.78, 5) is 0. The van der Waals surface area contributed by atoms with Crippen molar-refractivity contribution in [1.82, 2.24) is 0 Å². The predicted molar refractivity (Wildman–Crippen MR) is 51.7 cm³/mol. The first-order chi connectivity index (χ1) is 5.74. The Kier molecular flexibility index (Phi) is 3.68. The zero-order valence-electron chi connectivity index (χ0n) is 6.94. The van der Waals surface area contributed by atoms with Crippen LogP contribution in [0.4, 0.5) is 0 Å². The Morgan fingerprint density at radius 1 is 1.42 bits per heavy atom. The summed E-state index contributed by atoms with van der Waals surface area (Å²) in [5.41, 5.74) is 5.44. The van der Waals surface area contributed by atoms with Gasteiger partial charge < -0.3 is 16.7 Å². The molecule has 1 aliphatic carbocycles. The van der Waals surface area contributed by atoms with Crippen LogP contribution in [-0.2, 0) is 0 Å². The van der Waals surface area contributed by atoms with Crippen molar-refractivity contribution >= 4 is 16.9 Å². The molecule has 0 amide bonds. The van der Waals surface area contributed by atoms with Crippen LogP contribution in [-0.4, -0.2) is 21.6 Å². The van der Waals surface area contributed by atoms with E-state index in [1.54, 1.807) is 0 Å². The largest absolute Gasteiger partial charge is 0.392 e. The maximum Gasteiger partial charge on any atom is 0.177 e. The second-order valence-electron chi connectivity index (χ2n) is 2.98. The van der Waals surface area contributed by atoms with E-state index in [2.05, 4.69) is 5.10 Å². The smallest absolute Gasteiger partial charge is 0.177 e. The normalized spacial score (nSPS) is 31.9. The minimum atomic E-state index is -0.246. The summed E-state index contributed by atoms with van der Waals surface area (Å²) < 4.78 is 0. The first-order valence-electron chi connectivity index (χ1n) is 4.12. The summed E-state index contributed by atoms with van der Waals surface area (Å²) in [6, 6.07) is 0. The first-order valence-corrected chi connectivity index (χ1v) is 5.00. The molecule has 0 aromatic carbocycles. The van der Waals surface area contributed by atoms with E-state index in [-0.39, 0.29) is 11.4 Å². The molecule has 0 bridgehead atoms. The Hall–Kier alpha value is -0.420. The quantitative estimate of drug-likeness (QED) is 0.238. The van der Waals surface area contributed by atoms with Gasteiger partial charge >= 0.3 is 0 Å². The molecule has 2 atom stereocenters. The molecule has 2 unspecified atom stereocenters. The van der Waals surface area contributed by atoms with Crippen molar-refractivity contribution in [2.45, 2.75) is 37.0 Å². The molecule has 0 aromatic rings. The van der Waals surface area contributed by atoms with Crippen molar-refractivity contribution in [3.8, 4) is 0 Å². The molecule has 1 rings (SSSR count). The van der Waals surface area contributed by atoms with Crippen LogP contribution in [0.2, 0.25) is 0 Å². The van der Waals surface area contributed by atoms with Crippen molar-refractivity contribution in [1.29, 1.82) is 0 Å². The summed E-state index contributed by atoms with van der Waals surface area (Å²) in [7, 11) is 0. The molecule has 5 heteroatoms. The van der Waals surface area contributed by atoms with Crippen molar-refractivity contribution in [2.75, 3.05) is 0 Å². The number of nitrogens with two attached hydrogens (primary N) is 2. The van der Waals surface area contributed by atoms with E-state index < -0.39 is 0 Å². The Balaban J connectivity index is 2.39. The number of aliphatic hydroxyl groups excluding tert-OH is 1. The van der Waals surface area contributed by atoms with E-state index in [0.717, 1.165) is 25.7 Å². The van der Waals surface area contributed by atoms with Crippen LogP contribution in [0.25, 0.3) is 0 Å². The summed E-state index contributed by atoms with van der Waals surface area (Å²) >= 11 is 1.38. The Bertz CT molecular complexity index is 174. The van der Waals surface area contributed by atoms with E-state index in [9.17, 15) is 5.11 Å². The van der Waals surface area contributed by atoms with Gasteiger partial charge in [0.2, 0.25) is 0 Å². The minimum absolute atomic E-state index is 0.186. The monoisotopic (exact) mass is 189 g/mol. The summed E-state index contributed by atoms with van der Waals surface area (Å²) in [5.74, 6) is 5.00. The minimum Gasteiger partial charge on any atom is -0.392 e. The number of rotatable bonds is 1. The molecular weight excluding hydrogens is 174 g/mol. The van der Waals surface area contributed by atoms with Gasteiger partial charge in [0.05, 0.1) is 6.10 Å². The van der Waals surface area contributed by atoms with Gasteiger partial charge in [-0.25, -0.2) is 0 Å². The van der Waals surface area contributed by atoms with Crippen molar-refractivity contribution in [2.24, 2.45) is 16.7 Å². The fourth-order valence-electron chi connectivity index (χ4n) is 1.40. The highest BCUT2D eigenvalue weighted by Crippen LogP contribution is 2.28. The molecule has 0 radical (unpaired) electrons. The third-order valence-corrected chi connectivity index (χ3v) is 3.27. The molecule has 0 heterocycles. The zero-order chi connectivity index (χ0) is 8.97. The number of thioether (sulfide) groups is 1. The van der Waals surface area contributed by atoms with Crippen LogP contribution < -0.4 is 11.6 Å². The molecular formula is C7H15N3OS. The molecule has 0 aliphatic heterocycles. The second-order valence-corrected chi connectivity index (χ2v) is 4.23. The van der Waals surface area contributed by atoms with E-state index >= 15 is 0 Å². The van der Waals surface area contributed by atoms with Crippen molar-refractivity contribution in [3.05, 3.63) is 0 Å². The average molecular weight is 189 g/mol. The lowest BCUT2D eigenvalue weighted by molar-refractivity contribution is 0.137. The molecule has 5 N–H and O–H groups in total. The molecule has 1 aliphatic rings. The van der Waals surface area contributed by atoms with Crippen molar-refractivity contribution < 1.29 is 5.11 Å². The number of hydrazone groups is 1. The number of aliphatic hydroxyl groups is 1. The lowest BCUT2D eigenvalue weighted by atomic mass is 9.97. The topological polar surface area (TPSA) is 84.6 Å². The molecule has 4 nitrogen and oxygen atoms in total. The Morgan fingerprint density at radius 2 is 2.08 bits per heavy atom. The molecule has 0 spiro atoms. The van der Waals surface area contributed by atoms with Gasteiger partial charge in [-0.2, -0.15) is 5.10 Å². The van der Waals surface area contributed by atoms with Crippen LogP contribution in [0.3, 0.4) is 0 Å². The second kappa shape index (κ2) is 4.57. The van der Waals surface area contributed by atoms with Gasteiger partial charge in [0, 0.05) is 5.25 Å². The predicted octanol–water partition coefficient (Wildman–Crippen LogP) is 0.211. The van der Waals surface area contributed by atoms with Gasteiger partial charge in [0.15, 0.2) is 5.17 Å². The summed E-state index contributed by atoms with van der Waals surface area (Å²) in [5, 5.41) is 13.5. The fourth-order valence-corrected chi connectivity index (χ4v) is 2.35. The van der Waals surface area contributed by atoms with Crippen LogP contribution in [0.5, 0.6) is 0 Å². The lowest BCUT2D eigenvalue weighted by Crippen LogP contribution is -2.29. The summed E-state index contributed by atoms with van der Waals surface area (Å²) in [6.07, 6.45) is 3.89. The maximum atomic E-state index is 9.54. The molecule has 70 valence electrons. The maximum absolute atomic E-state index is 9.54. The van der Waals surface area contributed by atoms with Gasteiger partial charge in [0.1, 0.15) is 0 Å². The van der Waals surface area contributed by atoms with Crippen LogP contribution in [0, 0.1) is 0 Å². The number of hydrogen-bond acceptors (Lipinski definition) is 4. The molecule has 12 heavy (non-hydrogen) atoms. The van der Waals surface area contributed by atoms with E-state index in [1.165, 1.54) is 11.8 Å². The van der Waals surface area contributed by atoms with Gasteiger partial charge in [-0.1, -0.05) is 24.6 Å². The van der Waals surface area contributed by atoms with E-state index in [0.29, 0.717) is 5.17 Å². The lowest BCUT2D eigenvalue weighted by Gasteiger charge is -2.26. The molecule has 1 fully saturated rings. The average Bonchev–Trinajstić information content (AvgIpc) is 2.09. The van der Waals surface area contributed by atoms with Gasteiger partial charge in [-0.3, -0.25) is 0 Å². The SMILES string of the molecule is NN=C(N)SC1CCCCC1O. The molecule has 0 aromatic heterocycles. The highest BCUT2D eigenvalue weighted by Gasteiger charge is 2.24. The third-order valence-electron chi connectivity index (χ3n) is 2.07. The highest BCUT2D eigenvalue weighted by molar-refractivity contribution is 8.14. The van der Waals surface area contributed by atoms with E-state index in [1.807, 2.05) is 0 Å². The fraction of sp³-hybridized carbons (Fsp3) is 0.857. The van der Waals surface area contributed by atoms with Gasteiger partial charge in [0.25, 0.3) is 0 Å². The highest BCUT2D eigenvalue weighted by atomic mass is 32.2. The standard InChI is InChI=1S/C7H15N3OS/c8-7(10-9)12-6-4-2-1-3-5(6)11/h5-6,11H,1-4,9H2,(H2,8,10). The first kappa shape index (κ1) is 9.67. The zero-order valence-corrected chi connectivity index (χ0v) is 7.76. The number of hydrogen-bond donors (Lipinski definition) is 3. The number of nitrogens with zero attached hydrogens (tertiary/aromatic N) is 1. The van der Waals surface area contributed by atoms with E-state index in [4.69, 9.17) is 11.6 Å². The van der Waals surface area contributed by atoms with Gasteiger partial charge in [-0.15, -0.1) is 0 Å². The third kappa shape index (κ3) is 2.57. The number of amidine groups is 1. The van der Waals surface area contributed by atoms with Crippen LogP contribution in [0.1, 0.15) is 25.7 Å². The summed E-state index contributed by atoms with van der Waals surface area (Å²) in [6.45, 7) is 0. The molecule has 1 saturated carbocycles. The van der Waals surface area contributed by atoms with Crippen LogP contribution >= 0.6 is 11.8 Å². The van der Waals surface area contributed by atoms with Gasteiger partial charge in [-0.05, 0) is 12.8 Å². The molecule has 0 saturated heterocycles. The van der Waals surface area contributed by atoms with Crippen LogP contribution in [0.15, 0.2) is 5.10 Å². The Morgan fingerprint density at radius 3 is 2.67 bits per heavy atom. The van der Waals surface area contributed by atoms with Crippen molar-refractivity contribution in [3.63, 3.8) is 0 Å².